The van der Waals surface area contributed by atoms with Gasteiger partial charge < -0.3 is 5.32 Å². The van der Waals surface area contributed by atoms with E-state index in [1.165, 1.54) is 15.4 Å². The molecule has 0 saturated carbocycles. The van der Waals surface area contributed by atoms with Gasteiger partial charge in [0.05, 0.1) is 6.54 Å². The zero-order valence-corrected chi connectivity index (χ0v) is 13.0. The summed E-state index contributed by atoms with van der Waals surface area (Å²) in [5.41, 5.74) is 0.638. The smallest absolute Gasteiger partial charge is 0.277 e. The predicted molar refractivity (Wildman–Crippen MR) is 83.9 cm³/mol. The van der Waals surface area contributed by atoms with E-state index in [0.29, 0.717) is 22.1 Å². The summed E-state index contributed by atoms with van der Waals surface area (Å²) >= 11 is 5.99. The van der Waals surface area contributed by atoms with Gasteiger partial charge in [-0.2, -0.15) is 10.2 Å². The number of nitrogens with zero attached hydrogens (tertiary/aromatic N) is 4. The van der Waals surface area contributed by atoms with Gasteiger partial charge in [0.15, 0.2) is 11.5 Å². The molecule has 0 aliphatic carbocycles. The lowest BCUT2D eigenvalue weighted by molar-refractivity contribution is 0.102. The Morgan fingerprint density at radius 1 is 1.26 bits per heavy atom. The fraction of sp³-hybridized carbons (Fsp3) is 0.133. The maximum absolute atomic E-state index is 13.8. The minimum absolute atomic E-state index is 0.172. The first kappa shape index (κ1) is 15.2. The van der Waals surface area contributed by atoms with Gasteiger partial charge in [0.1, 0.15) is 5.82 Å². The third kappa shape index (κ3) is 3.40. The molecule has 0 radical (unpaired) electrons. The molecule has 0 fully saturated rings. The lowest BCUT2D eigenvalue weighted by atomic mass is 10.2. The van der Waals surface area contributed by atoms with E-state index in [1.807, 2.05) is 0 Å². The number of amides is 1. The number of aryl methyl sites for hydroxylation is 1. The van der Waals surface area contributed by atoms with Crippen LogP contribution in [0.15, 0.2) is 42.7 Å². The largest absolute Gasteiger partial charge is 0.304 e. The average Bonchev–Trinajstić information content (AvgIpc) is 3.12. The number of anilines is 1. The number of hydrogen-bond acceptors (Lipinski definition) is 3. The SMILES string of the molecule is Cn1ccc(C(=O)Nc2ccn(Cc3c(F)cccc3Cl)n2)n1. The molecule has 3 aromatic rings. The molecular formula is C15H13ClFN5O. The molecule has 0 spiro atoms. The highest BCUT2D eigenvalue weighted by Crippen LogP contribution is 2.20. The van der Waals surface area contributed by atoms with Crippen molar-refractivity contribution < 1.29 is 9.18 Å². The topological polar surface area (TPSA) is 64.7 Å². The van der Waals surface area contributed by atoms with Crippen LogP contribution in [0.2, 0.25) is 5.02 Å². The molecule has 1 aromatic carbocycles. The van der Waals surface area contributed by atoms with Crippen LogP contribution in [-0.4, -0.2) is 25.5 Å². The lowest BCUT2D eigenvalue weighted by Gasteiger charge is -2.06. The fourth-order valence-electron chi connectivity index (χ4n) is 2.08. The molecule has 0 bridgehead atoms. The van der Waals surface area contributed by atoms with Gasteiger partial charge >= 0.3 is 0 Å². The van der Waals surface area contributed by atoms with E-state index in [-0.39, 0.29) is 12.5 Å². The van der Waals surface area contributed by atoms with E-state index < -0.39 is 5.82 Å². The Bertz CT molecular complexity index is 837. The van der Waals surface area contributed by atoms with E-state index >= 15 is 0 Å². The molecule has 23 heavy (non-hydrogen) atoms. The number of halogens is 2. The molecule has 1 amide bonds. The van der Waals surface area contributed by atoms with Crippen LogP contribution in [0.1, 0.15) is 16.1 Å². The zero-order valence-electron chi connectivity index (χ0n) is 12.2. The monoisotopic (exact) mass is 333 g/mol. The van der Waals surface area contributed by atoms with Crippen molar-refractivity contribution >= 4 is 23.3 Å². The second kappa shape index (κ2) is 6.21. The summed E-state index contributed by atoms with van der Waals surface area (Å²) in [7, 11) is 1.73. The summed E-state index contributed by atoms with van der Waals surface area (Å²) in [6.07, 6.45) is 3.31. The first-order valence-electron chi connectivity index (χ1n) is 6.80. The minimum Gasteiger partial charge on any atom is -0.304 e. The summed E-state index contributed by atoms with van der Waals surface area (Å²) in [6, 6.07) is 7.73. The van der Waals surface area contributed by atoms with Crippen LogP contribution >= 0.6 is 11.6 Å². The number of rotatable bonds is 4. The molecule has 0 unspecified atom stereocenters. The second-order valence-corrected chi connectivity index (χ2v) is 5.33. The number of aromatic nitrogens is 4. The molecule has 0 aliphatic rings. The molecule has 1 N–H and O–H groups in total. The average molecular weight is 334 g/mol. The van der Waals surface area contributed by atoms with E-state index in [9.17, 15) is 9.18 Å². The minimum atomic E-state index is -0.396. The quantitative estimate of drug-likeness (QED) is 0.798. The summed E-state index contributed by atoms with van der Waals surface area (Å²) in [5.74, 6) is -0.403. The highest BCUT2D eigenvalue weighted by Gasteiger charge is 2.12. The maximum Gasteiger partial charge on any atom is 0.277 e. The molecule has 0 atom stereocenters. The van der Waals surface area contributed by atoms with Crippen molar-refractivity contribution in [2.45, 2.75) is 6.54 Å². The Kier molecular flexibility index (Phi) is 4.12. The number of benzene rings is 1. The van der Waals surface area contributed by atoms with Crippen LogP contribution in [0.5, 0.6) is 0 Å². The molecule has 8 heteroatoms. The first-order valence-corrected chi connectivity index (χ1v) is 7.18. The van der Waals surface area contributed by atoms with Crippen molar-refractivity contribution in [3.8, 4) is 0 Å². The molecule has 3 rings (SSSR count). The van der Waals surface area contributed by atoms with Crippen molar-refractivity contribution in [1.29, 1.82) is 0 Å². The zero-order chi connectivity index (χ0) is 16.4. The Balaban J connectivity index is 1.72. The van der Waals surface area contributed by atoms with Gasteiger partial charge in [0.2, 0.25) is 0 Å². The van der Waals surface area contributed by atoms with Crippen LogP contribution in [0.25, 0.3) is 0 Å². The Hall–Kier alpha value is -2.67. The summed E-state index contributed by atoms with van der Waals surface area (Å²) in [6.45, 7) is 0.172. The van der Waals surface area contributed by atoms with Gasteiger partial charge in [0.25, 0.3) is 5.91 Å². The molecular weight excluding hydrogens is 321 g/mol. The van der Waals surface area contributed by atoms with Gasteiger partial charge in [-0.25, -0.2) is 4.39 Å². The highest BCUT2D eigenvalue weighted by atomic mass is 35.5. The number of nitrogens with one attached hydrogen (secondary N) is 1. The van der Waals surface area contributed by atoms with Crippen LogP contribution in [0.4, 0.5) is 10.2 Å². The maximum atomic E-state index is 13.8. The molecule has 0 aliphatic heterocycles. The van der Waals surface area contributed by atoms with Gasteiger partial charge in [-0.3, -0.25) is 14.2 Å². The molecule has 6 nitrogen and oxygen atoms in total. The number of carbonyl (C=O) groups is 1. The molecule has 118 valence electrons. The number of carbonyl (C=O) groups excluding carboxylic acids is 1. The standard InChI is InChI=1S/C15H13ClFN5O/c1-21-7-5-13(19-21)15(23)18-14-6-8-22(20-14)9-10-11(16)3-2-4-12(10)17/h2-8H,9H2,1H3,(H,18,20,23). The molecule has 2 aromatic heterocycles. The molecule has 2 heterocycles. The van der Waals surface area contributed by atoms with Gasteiger partial charge in [-0.1, -0.05) is 17.7 Å². The Morgan fingerprint density at radius 3 is 2.78 bits per heavy atom. The van der Waals surface area contributed by atoms with Crippen molar-refractivity contribution in [3.05, 3.63) is 64.8 Å². The van der Waals surface area contributed by atoms with E-state index in [1.54, 1.807) is 43.7 Å². The highest BCUT2D eigenvalue weighted by molar-refractivity contribution is 6.31. The van der Waals surface area contributed by atoms with Crippen molar-refractivity contribution in [1.82, 2.24) is 19.6 Å². The van der Waals surface area contributed by atoms with E-state index in [2.05, 4.69) is 15.5 Å². The normalized spacial score (nSPS) is 10.7. The fourth-order valence-corrected chi connectivity index (χ4v) is 2.30. The summed E-state index contributed by atoms with van der Waals surface area (Å²) in [4.78, 5) is 12.0. The van der Waals surface area contributed by atoms with Crippen LogP contribution < -0.4 is 5.32 Å². The number of hydrogen-bond donors (Lipinski definition) is 1. The second-order valence-electron chi connectivity index (χ2n) is 4.93. The van der Waals surface area contributed by atoms with E-state index in [0.717, 1.165) is 0 Å². The Labute approximate surface area is 136 Å². The summed E-state index contributed by atoms with van der Waals surface area (Å²) < 4.78 is 16.8. The van der Waals surface area contributed by atoms with Gasteiger partial charge in [-0.05, 0) is 18.2 Å². The first-order chi connectivity index (χ1) is 11.0. The summed E-state index contributed by atoms with van der Waals surface area (Å²) in [5, 5.41) is 11.2. The Morgan fingerprint density at radius 2 is 2.09 bits per heavy atom. The van der Waals surface area contributed by atoms with E-state index in [4.69, 9.17) is 11.6 Å². The van der Waals surface area contributed by atoms with Gasteiger partial charge in [-0.15, -0.1) is 0 Å². The third-order valence-corrected chi connectivity index (χ3v) is 3.56. The van der Waals surface area contributed by atoms with Crippen LogP contribution in [0.3, 0.4) is 0 Å². The van der Waals surface area contributed by atoms with Crippen molar-refractivity contribution in [2.75, 3.05) is 5.32 Å². The van der Waals surface area contributed by atoms with Crippen LogP contribution in [0, 0.1) is 5.82 Å². The van der Waals surface area contributed by atoms with Gasteiger partial charge in [0, 0.05) is 36.1 Å². The predicted octanol–water partition coefficient (Wildman–Crippen LogP) is 2.71. The third-order valence-electron chi connectivity index (χ3n) is 3.21. The van der Waals surface area contributed by atoms with Crippen molar-refractivity contribution in [2.24, 2.45) is 7.05 Å². The van der Waals surface area contributed by atoms with Crippen LogP contribution in [-0.2, 0) is 13.6 Å². The van der Waals surface area contributed by atoms with Crippen molar-refractivity contribution in [3.63, 3.8) is 0 Å². The molecule has 0 saturated heterocycles. The lowest BCUT2D eigenvalue weighted by Crippen LogP contribution is -2.14.